The topological polar surface area (TPSA) is 44.3 Å². The van der Waals surface area contributed by atoms with Crippen LogP contribution in [0.3, 0.4) is 0 Å². The predicted molar refractivity (Wildman–Crippen MR) is 136 cm³/mol. The number of hydrogen-bond acceptors (Lipinski definition) is 5. The number of nitrogens with zero attached hydrogens (tertiary/aromatic N) is 4. The van der Waals surface area contributed by atoms with Crippen LogP contribution in [0.5, 0.6) is 0 Å². The third kappa shape index (κ3) is 4.02. The Labute approximate surface area is 193 Å². The van der Waals surface area contributed by atoms with Gasteiger partial charge in [-0.3, -0.25) is 10.0 Å². The SMILES string of the molecule is C(=NN1CCCc2ccccc21)c1ccc2oc(C=NN3CCCc4ccccc43)cc2c1. The highest BCUT2D eigenvalue weighted by Crippen LogP contribution is 2.28. The fourth-order valence-corrected chi connectivity index (χ4v) is 4.76. The smallest absolute Gasteiger partial charge is 0.148 e. The lowest BCUT2D eigenvalue weighted by molar-refractivity contribution is 0.606. The zero-order valence-electron chi connectivity index (χ0n) is 18.5. The van der Waals surface area contributed by atoms with Crippen LogP contribution < -0.4 is 10.0 Å². The first kappa shape index (κ1) is 19.8. The average molecular weight is 435 g/mol. The Hall–Kier alpha value is -3.86. The quantitative estimate of drug-likeness (QED) is 0.370. The molecule has 5 heteroatoms. The summed E-state index contributed by atoms with van der Waals surface area (Å²) in [4.78, 5) is 0. The number of hydrogen-bond donors (Lipinski definition) is 0. The van der Waals surface area contributed by atoms with E-state index in [4.69, 9.17) is 14.6 Å². The molecular weight excluding hydrogens is 408 g/mol. The van der Waals surface area contributed by atoms with Crippen LogP contribution >= 0.6 is 0 Å². The first-order valence-electron chi connectivity index (χ1n) is 11.7. The van der Waals surface area contributed by atoms with Gasteiger partial charge in [0.25, 0.3) is 0 Å². The molecule has 0 saturated heterocycles. The molecule has 3 aromatic carbocycles. The van der Waals surface area contributed by atoms with E-state index in [0.29, 0.717) is 0 Å². The molecule has 5 nitrogen and oxygen atoms in total. The number of hydrazone groups is 2. The highest BCUT2D eigenvalue weighted by atomic mass is 16.3. The van der Waals surface area contributed by atoms with Crippen LogP contribution in [0.4, 0.5) is 11.4 Å². The van der Waals surface area contributed by atoms with Crippen LogP contribution in [0.15, 0.2) is 87.4 Å². The van der Waals surface area contributed by atoms with Crippen molar-refractivity contribution in [2.24, 2.45) is 10.2 Å². The molecule has 0 bridgehead atoms. The number of anilines is 2. The molecule has 4 aromatic rings. The predicted octanol–water partition coefficient (Wildman–Crippen LogP) is 6.01. The maximum atomic E-state index is 6.01. The molecule has 0 aliphatic carbocycles. The van der Waals surface area contributed by atoms with Gasteiger partial charge in [-0.15, -0.1) is 0 Å². The van der Waals surface area contributed by atoms with E-state index in [1.807, 2.05) is 30.6 Å². The molecule has 3 heterocycles. The first-order valence-corrected chi connectivity index (χ1v) is 11.7. The number of rotatable bonds is 4. The number of benzene rings is 3. The molecular formula is C28H26N4O. The van der Waals surface area contributed by atoms with Crippen molar-refractivity contribution in [3.8, 4) is 0 Å². The molecule has 0 spiro atoms. The van der Waals surface area contributed by atoms with Gasteiger partial charge < -0.3 is 4.42 Å². The lowest BCUT2D eigenvalue weighted by Crippen LogP contribution is -2.24. The van der Waals surface area contributed by atoms with Gasteiger partial charge in [0, 0.05) is 18.5 Å². The van der Waals surface area contributed by atoms with E-state index in [9.17, 15) is 0 Å². The van der Waals surface area contributed by atoms with Gasteiger partial charge in [-0.05, 0) is 78.8 Å². The van der Waals surface area contributed by atoms with Crippen LogP contribution in [0.2, 0.25) is 0 Å². The molecule has 0 saturated carbocycles. The van der Waals surface area contributed by atoms with Crippen molar-refractivity contribution in [2.75, 3.05) is 23.1 Å². The summed E-state index contributed by atoms with van der Waals surface area (Å²) in [5, 5.41) is 14.7. The third-order valence-corrected chi connectivity index (χ3v) is 6.40. The lowest BCUT2D eigenvalue weighted by atomic mass is 10.0. The number of aryl methyl sites for hydroxylation is 2. The first-order chi connectivity index (χ1) is 16.3. The molecule has 0 N–H and O–H groups in total. The normalized spacial score (nSPS) is 16.0. The van der Waals surface area contributed by atoms with Crippen LogP contribution in [0.25, 0.3) is 11.0 Å². The van der Waals surface area contributed by atoms with Crippen LogP contribution in [-0.4, -0.2) is 25.5 Å². The van der Waals surface area contributed by atoms with E-state index in [-0.39, 0.29) is 0 Å². The van der Waals surface area contributed by atoms with Crippen molar-refractivity contribution in [2.45, 2.75) is 25.7 Å². The second-order valence-corrected chi connectivity index (χ2v) is 8.65. The molecule has 0 fully saturated rings. The van der Waals surface area contributed by atoms with Gasteiger partial charge in [-0.25, -0.2) is 0 Å². The van der Waals surface area contributed by atoms with E-state index >= 15 is 0 Å². The second kappa shape index (κ2) is 8.58. The molecule has 0 amide bonds. The van der Waals surface area contributed by atoms with Gasteiger partial charge in [0.15, 0.2) is 0 Å². The van der Waals surface area contributed by atoms with Crippen LogP contribution in [0, 0.1) is 0 Å². The Morgan fingerprint density at radius 1 is 0.697 bits per heavy atom. The van der Waals surface area contributed by atoms with Crippen molar-refractivity contribution < 1.29 is 4.42 Å². The molecule has 2 aliphatic rings. The summed E-state index contributed by atoms with van der Waals surface area (Å²) in [6.45, 7) is 1.87. The van der Waals surface area contributed by atoms with Crippen LogP contribution in [0.1, 0.15) is 35.3 Å². The number of furan rings is 1. The lowest BCUT2D eigenvalue weighted by Gasteiger charge is -2.26. The standard InChI is InChI=1S/C28H26N4O/c1-3-11-26-22(7-1)9-5-15-31(26)29-19-21-13-14-28-24(17-21)18-25(33-28)20-30-32-16-6-10-23-8-2-4-12-27(23)32/h1-4,7-8,11-14,17-20H,5-6,9-10,15-16H2. The largest absolute Gasteiger partial charge is 0.455 e. The van der Waals surface area contributed by atoms with Gasteiger partial charge in [-0.1, -0.05) is 36.4 Å². The molecule has 0 radical (unpaired) electrons. The van der Waals surface area contributed by atoms with Crippen molar-refractivity contribution >= 4 is 34.8 Å². The summed E-state index contributed by atoms with van der Waals surface area (Å²) in [5.41, 5.74) is 7.03. The van der Waals surface area contributed by atoms with E-state index in [1.54, 1.807) is 0 Å². The second-order valence-electron chi connectivity index (χ2n) is 8.65. The minimum Gasteiger partial charge on any atom is -0.455 e. The summed E-state index contributed by atoms with van der Waals surface area (Å²) < 4.78 is 6.01. The number of fused-ring (bicyclic) bond motifs is 3. The van der Waals surface area contributed by atoms with Crippen LogP contribution in [-0.2, 0) is 12.8 Å². The van der Waals surface area contributed by atoms with Gasteiger partial charge in [0.2, 0.25) is 0 Å². The minimum atomic E-state index is 0.757. The molecule has 164 valence electrons. The fraction of sp³-hybridized carbons (Fsp3) is 0.214. The van der Waals surface area contributed by atoms with Gasteiger partial charge in [-0.2, -0.15) is 10.2 Å². The maximum Gasteiger partial charge on any atom is 0.148 e. The maximum absolute atomic E-state index is 6.01. The average Bonchev–Trinajstić information content (AvgIpc) is 3.28. The molecule has 1 aromatic heterocycles. The Morgan fingerprint density at radius 3 is 2.03 bits per heavy atom. The van der Waals surface area contributed by atoms with E-state index in [2.05, 4.69) is 64.6 Å². The van der Waals surface area contributed by atoms with Crippen molar-refractivity contribution in [3.63, 3.8) is 0 Å². The minimum absolute atomic E-state index is 0.757. The molecule has 6 rings (SSSR count). The molecule has 0 atom stereocenters. The summed E-state index contributed by atoms with van der Waals surface area (Å²) in [7, 11) is 0. The van der Waals surface area contributed by atoms with E-state index in [0.717, 1.165) is 61.1 Å². The van der Waals surface area contributed by atoms with Crippen molar-refractivity contribution in [1.82, 2.24) is 0 Å². The molecule has 0 unspecified atom stereocenters. The monoisotopic (exact) mass is 434 g/mol. The zero-order chi connectivity index (χ0) is 22.0. The number of para-hydroxylation sites is 2. The van der Waals surface area contributed by atoms with Crippen molar-refractivity contribution in [3.05, 3.63) is 95.2 Å². The zero-order valence-corrected chi connectivity index (χ0v) is 18.5. The Morgan fingerprint density at radius 2 is 1.33 bits per heavy atom. The van der Waals surface area contributed by atoms with Gasteiger partial charge in [0.05, 0.1) is 23.8 Å². The summed E-state index contributed by atoms with van der Waals surface area (Å²) in [5.74, 6) is 0.757. The molecule has 33 heavy (non-hydrogen) atoms. The van der Waals surface area contributed by atoms with E-state index in [1.165, 1.54) is 22.5 Å². The Kier molecular flexibility index (Phi) is 5.15. The van der Waals surface area contributed by atoms with Gasteiger partial charge >= 0.3 is 0 Å². The van der Waals surface area contributed by atoms with E-state index < -0.39 is 0 Å². The highest BCUT2D eigenvalue weighted by molar-refractivity contribution is 5.92. The molecule has 2 aliphatic heterocycles. The summed E-state index contributed by atoms with van der Waals surface area (Å²) in [6, 6.07) is 25.2. The summed E-state index contributed by atoms with van der Waals surface area (Å²) in [6.07, 6.45) is 8.22. The third-order valence-electron chi connectivity index (χ3n) is 6.40. The highest BCUT2D eigenvalue weighted by Gasteiger charge is 2.16. The Balaban J connectivity index is 1.21. The summed E-state index contributed by atoms with van der Waals surface area (Å²) >= 11 is 0. The van der Waals surface area contributed by atoms with Gasteiger partial charge in [0.1, 0.15) is 11.3 Å². The fourth-order valence-electron chi connectivity index (χ4n) is 4.76. The van der Waals surface area contributed by atoms with Crippen molar-refractivity contribution in [1.29, 1.82) is 0 Å². The Bertz CT molecular complexity index is 1290.